The number of rotatable bonds is 8. The second-order valence-electron chi connectivity index (χ2n) is 7.92. The van der Waals surface area contributed by atoms with Gasteiger partial charge in [0.05, 0.1) is 6.67 Å². The summed E-state index contributed by atoms with van der Waals surface area (Å²) in [6.45, 7) is 1.96. The van der Waals surface area contributed by atoms with Gasteiger partial charge in [0.2, 0.25) is 0 Å². The third kappa shape index (κ3) is 5.79. The van der Waals surface area contributed by atoms with Gasteiger partial charge in [-0.3, -0.25) is 4.39 Å². The second-order valence-corrected chi connectivity index (χ2v) is 7.92. The number of allylic oxidation sites excluding steroid dienone is 2. The standard InChI is InChI=1S/C26H33F/c1-2-21-8-12-23(13-9-21)25-16-18-26(19-17-25)24-14-10-22(11-15-24)7-5-3-4-6-20-27/h3-4,8-9,12-13,16-19,22,24H,2,5-7,10-11,14-15,20H2,1H3/b4-3+. The quantitative estimate of drug-likeness (QED) is 0.418. The summed E-state index contributed by atoms with van der Waals surface area (Å²) in [6, 6.07) is 18.2. The zero-order valence-corrected chi connectivity index (χ0v) is 16.7. The van der Waals surface area contributed by atoms with Gasteiger partial charge < -0.3 is 0 Å². The molecule has 1 heteroatoms. The molecule has 2 aromatic rings. The van der Waals surface area contributed by atoms with Crippen molar-refractivity contribution in [1.82, 2.24) is 0 Å². The second kappa shape index (κ2) is 10.4. The summed E-state index contributed by atoms with van der Waals surface area (Å²) < 4.78 is 12.1. The van der Waals surface area contributed by atoms with E-state index in [1.807, 2.05) is 6.08 Å². The summed E-state index contributed by atoms with van der Waals surface area (Å²) in [5.74, 6) is 1.58. The van der Waals surface area contributed by atoms with Crippen LogP contribution in [0.2, 0.25) is 0 Å². The van der Waals surface area contributed by atoms with E-state index < -0.39 is 0 Å². The lowest BCUT2D eigenvalue weighted by Gasteiger charge is -2.28. The van der Waals surface area contributed by atoms with Gasteiger partial charge in [0.1, 0.15) is 0 Å². The van der Waals surface area contributed by atoms with Crippen LogP contribution in [0, 0.1) is 5.92 Å². The molecule has 0 saturated heterocycles. The highest BCUT2D eigenvalue weighted by molar-refractivity contribution is 5.64. The Labute approximate surface area is 164 Å². The third-order valence-electron chi connectivity index (χ3n) is 6.11. The molecule has 0 aliphatic heterocycles. The molecule has 1 fully saturated rings. The van der Waals surface area contributed by atoms with Crippen molar-refractivity contribution in [3.05, 3.63) is 71.8 Å². The average molecular weight is 365 g/mol. The summed E-state index contributed by atoms with van der Waals surface area (Å²) in [5.41, 5.74) is 5.52. The van der Waals surface area contributed by atoms with Gasteiger partial charge in [-0.2, -0.15) is 0 Å². The van der Waals surface area contributed by atoms with Crippen LogP contribution in [-0.4, -0.2) is 6.67 Å². The fourth-order valence-corrected chi connectivity index (χ4v) is 4.30. The van der Waals surface area contributed by atoms with Crippen LogP contribution < -0.4 is 0 Å². The van der Waals surface area contributed by atoms with Crippen molar-refractivity contribution >= 4 is 0 Å². The maximum Gasteiger partial charge on any atom is 0.0928 e. The molecule has 1 aliphatic rings. The average Bonchev–Trinajstić information content (AvgIpc) is 2.74. The van der Waals surface area contributed by atoms with E-state index in [9.17, 15) is 4.39 Å². The van der Waals surface area contributed by atoms with Crippen molar-refractivity contribution in [3.8, 4) is 11.1 Å². The molecule has 0 unspecified atom stereocenters. The minimum atomic E-state index is -0.232. The van der Waals surface area contributed by atoms with Gasteiger partial charge in [-0.05, 0) is 85.5 Å². The smallest absolute Gasteiger partial charge is 0.0928 e. The first-order valence-corrected chi connectivity index (χ1v) is 10.7. The van der Waals surface area contributed by atoms with Gasteiger partial charge in [0.25, 0.3) is 0 Å². The van der Waals surface area contributed by atoms with Crippen LogP contribution >= 0.6 is 0 Å². The van der Waals surface area contributed by atoms with Crippen LogP contribution in [0.5, 0.6) is 0 Å². The van der Waals surface area contributed by atoms with Crippen LogP contribution in [0.4, 0.5) is 4.39 Å². The first-order valence-electron chi connectivity index (χ1n) is 10.7. The van der Waals surface area contributed by atoms with Crippen molar-refractivity contribution in [2.45, 2.75) is 64.2 Å². The van der Waals surface area contributed by atoms with Gasteiger partial charge in [-0.15, -0.1) is 0 Å². The topological polar surface area (TPSA) is 0 Å². The summed E-state index contributed by atoms with van der Waals surface area (Å²) in [6.07, 6.45) is 13.5. The van der Waals surface area contributed by atoms with E-state index in [1.54, 1.807) is 0 Å². The molecule has 0 aromatic heterocycles. The Hall–Kier alpha value is -1.89. The molecule has 27 heavy (non-hydrogen) atoms. The molecular formula is C26H33F. The predicted molar refractivity (Wildman–Crippen MR) is 115 cm³/mol. The Morgan fingerprint density at radius 2 is 1.41 bits per heavy atom. The van der Waals surface area contributed by atoms with Gasteiger partial charge in [0, 0.05) is 0 Å². The highest BCUT2D eigenvalue weighted by Gasteiger charge is 2.21. The maximum absolute atomic E-state index is 12.1. The number of hydrogen-bond donors (Lipinski definition) is 0. The first-order chi connectivity index (χ1) is 13.3. The van der Waals surface area contributed by atoms with Crippen molar-refractivity contribution < 1.29 is 4.39 Å². The molecule has 3 rings (SSSR count). The van der Waals surface area contributed by atoms with Crippen molar-refractivity contribution in [3.63, 3.8) is 0 Å². The minimum Gasteiger partial charge on any atom is -0.251 e. The van der Waals surface area contributed by atoms with Gasteiger partial charge >= 0.3 is 0 Å². The normalized spacial score (nSPS) is 20.2. The number of hydrogen-bond acceptors (Lipinski definition) is 0. The summed E-state index contributed by atoms with van der Waals surface area (Å²) in [7, 11) is 0. The summed E-state index contributed by atoms with van der Waals surface area (Å²) >= 11 is 0. The van der Waals surface area contributed by atoms with E-state index in [1.165, 1.54) is 54.4 Å². The van der Waals surface area contributed by atoms with Gasteiger partial charge in [-0.1, -0.05) is 67.6 Å². The van der Waals surface area contributed by atoms with Gasteiger partial charge in [-0.25, -0.2) is 0 Å². The van der Waals surface area contributed by atoms with E-state index in [2.05, 4.69) is 61.5 Å². The van der Waals surface area contributed by atoms with Crippen LogP contribution in [0.1, 0.15) is 68.9 Å². The molecule has 0 radical (unpaired) electrons. The highest BCUT2D eigenvalue weighted by Crippen LogP contribution is 2.38. The van der Waals surface area contributed by atoms with Crippen LogP contribution in [0.15, 0.2) is 60.7 Å². The fraction of sp³-hybridized carbons (Fsp3) is 0.462. The Morgan fingerprint density at radius 3 is 2.00 bits per heavy atom. The Balaban J connectivity index is 1.49. The molecule has 0 heterocycles. The first kappa shape index (κ1) is 19.9. The van der Waals surface area contributed by atoms with E-state index in [0.717, 1.165) is 24.7 Å². The number of alkyl halides is 1. The molecule has 0 spiro atoms. The SMILES string of the molecule is CCc1ccc(-c2ccc(C3CCC(CC/C=C/CCF)CC3)cc2)cc1. The minimum absolute atomic E-state index is 0.232. The number of halogens is 1. The zero-order valence-electron chi connectivity index (χ0n) is 16.7. The Kier molecular flexibility index (Phi) is 7.68. The molecule has 0 amide bonds. The van der Waals surface area contributed by atoms with Crippen molar-refractivity contribution in [2.75, 3.05) is 6.67 Å². The lowest BCUT2D eigenvalue weighted by molar-refractivity contribution is 0.312. The number of aryl methyl sites for hydroxylation is 1. The molecule has 2 aromatic carbocycles. The summed E-state index contributed by atoms with van der Waals surface area (Å²) in [4.78, 5) is 0. The molecule has 1 saturated carbocycles. The van der Waals surface area contributed by atoms with E-state index in [-0.39, 0.29) is 6.67 Å². The maximum atomic E-state index is 12.1. The number of benzene rings is 2. The zero-order chi connectivity index (χ0) is 18.9. The summed E-state index contributed by atoms with van der Waals surface area (Å²) in [5, 5.41) is 0. The van der Waals surface area contributed by atoms with E-state index in [0.29, 0.717) is 6.42 Å². The van der Waals surface area contributed by atoms with Crippen LogP contribution in [0.25, 0.3) is 11.1 Å². The molecule has 0 nitrogen and oxygen atoms in total. The van der Waals surface area contributed by atoms with Crippen molar-refractivity contribution in [1.29, 1.82) is 0 Å². The predicted octanol–water partition coefficient (Wildman–Crippen LogP) is 7.89. The fourth-order valence-electron chi connectivity index (χ4n) is 4.30. The molecule has 1 aliphatic carbocycles. The molecule has 0 N–H and O–H groups in total. The van der Waals surface area contributed by atoms with Crippen molar-refractivity contribution in [2.24, 2.45) is 5.92 Å². The molecule has 0 atom stereocenters. The Bertz CT molecular complexity index is 688. The monoisotopic (exact) mass is 364 g/mol. The molecule has 144 valence electrons. The molecular weight excluding hydrogens is 331 g/mol. The highest BCUT2D eigenvalue weighted by atomic mass is 19.1. The van der Waals surface area contributed by atoms with Crippen LogP contribution in [0.3, 0.4) is 0 Å². The van der Waals surface area contributed by atoms with Gasteiger partial charge in [0.15, 0.2) is 0 Å². The lowest BCUT2D eigenvalue weighted by atomic mass is 9.77. The van der Waals surface area contributed by atoms with E-state index >= 15 is 0 Å². The largest absolute Gasteiger partial charge is 0.251 e. The third-order valence-corrected chi connectivity index (χ3v) is 6.11. The van der Waals surface area contributed by atoms with E-state index in [4.69, 9.17) is 0 Å². The Morgan fingerprint density at radius 1 is 0.815 bits per heavy atom. The lowest BCUT2D eigenvalue weighted by Crippen LogP contribution is -2.13. The van der Waals surface area contributed by atoms with Crippen LogP contribution in [-0.2, 0) is 6.42 Å². The molecule has 0 bridgehead atoms.